The van der Waals surface area contributed by atoms with Crippen LogP contribution in [-0.2, 0) is 10.2 Å². The van der Waals surface area contributed by atoms with E-state index in [4.69, 9.17) is 9.47 Å². The molecule has 220 valence electrons. The van der Waals surface area contributed by atoms with Gasteiger partial charge in [-0.15, -0.1) is 0 Å². The van der Waals surface area contributed by atoms with Crippen LogP contribution < -0.4 is 14.2 Å². The van der Waals surface area contributed by atoms with Gasteiger partial charge in [-0.2, -0.15) is 17.1 Å². The fourth-order valence-electron chi connectivity index (χ4n) is 4.37. The number of amides is 1. The predicted octanol–water partition coefficient (Wildman–Crippen LogP) is 4.02. The minimum Gasteiger partial charge on any atom is -0.492 e. The average Bonchev–Trinajstić information content (AvgIpc) is 3.72. The summed E-state index contributed by atoms with van der Waals surface area (Å²) in [4.78, 5) is 18.7. The van der Waals surface area contributed by atoms with Crippen LogP contribution in [0.3, 0.4) is 0 Å². The number of carbonyl (C=O) groups excluding carboxylic acids is 1. The molecule has 40 heavy (non-hydrogen) atoms. The lowest BCUT2D eigenvalue weighted by Crippen LogP contribution is -2.54. The van der Waals surface area contributed by atoms with E-state index in [9.17, 15) is 26.4 Å². The van der Waals surface area contributed by atoms with Gasteiger partial charge in [0.1, 0.15) is 17.5 Å². The summed E-state index contributed by atoms with van der Waals surface area (Å²) in [5, 5.41) is 0. The first-order valence-electron chi connectivity index (χ1n) is 13.3. The van der Waals surface area contributed by atoms with Crippen LogP contribution in [0.15, 0.2) is 30.5 Å². The van der Waals surface area contributed by atoms with Gasteiger partial charge in [-0.25, -0.2) is 13.5 Å². The Balaban J connectivity index is 1.38. The summed E-state index contributed by atoms with van der Waals surface area (Å²) >= 11 is 0. The van der Waals surface area contributed by atoms with E-state index in [0.717, 1.165) is 29.3 Å². The number of hydrogen-bond acceptors (Lipinski definition) is 7. The summed E-state index contributed by atoms with van der Waals surface area (Å²) in [5.41, 5.74) is -1.73. The monoisotopic (exact) mass is 584 g/mol. The maximum absolute atomic E-state index is 14.9. The molecule has 9 nitrogen and oxygen atoms in total. The van der Waals surface area contributed by atoms with Crippen LogP contribution >= 0.6 is 0 Å². The molecule has 2 aliphatic rings. The van der Waals surface area contributed by atoms with Crippen LogP contribution in [-0.4, -0.2) is 73.5 Å². The molecule has 2 fully saturated rings. The molecule has 2 heterocycles. The standard InChI is InChI=1S/C27H35F3N4O5S/c1-4-22(21-9-7-19(15-31-21)38-16-18-5-6-18)39-23-10-8-20(24(28)25(23)29)26(35)32-40(36,37)34-13-11-33(12-14-34)17-27(2,3)30/h7-10,15,18,22H,4-6,11-14,16-17H2,1-3H3,(H,32,35)/t22-/m1/s1. The molecule has 1 aliphatic heterocycles. The molecule has 1 saturated carbocycles. The van der Waals surface area contributed by atoms with Gasteiger partial charge in [-0.05, 0) is 63.3 Å². The Morgan fingerprint density at radius 1 is 1.12 bits per heavy atom. The van der Waals surface area contributed by atoms with Gasteiger partial charge in [-0.3, -0.25) is 14.7 Å². The Bertz CT molecular complexity index is 1290. The number of ether oxygens (including phenoxy) is 2. The van der Waals surface area contributed by atoms with Crippen molar-refractivity contribution < 1.29 is 35.9 Å². The molecule has 0 bridgehead atoms. The lowest BCUT2D eigenvalue weighted by Gasteiger charge is -2.35. The van der Waals surface area contributed by atoms with Crippen molar-refractivity contribution in [1.82, 2.24) is 18.9 Å². The first kappa shape index (κ1) is 30.1. The average molecular weight is 585 g/mol. The second-order valence-electron chi connectivity index (χ2n) is 10.8. The summed E-state index contributed by atoms with van der Waals surface area (Å²) in [6, 6.07) is 5.47. The first-order chi connectivity index (χ1) is 18.9. The zero-order valence-corrected chi connectivity index (χ0v) is 23.6. The Kier molecular flexibility index (Phi) is 9.26. The summed E-state index contributed by atoms with van der Waals surface area (Å²) in [6.07, 6.45) is 3.57. The molecule has 13 heteroatoms. The van der Waals surface area contributed by atoms with Crippen LogP contribution in [0.25, 0.3) is 0 Å². The number of aromatic nitrogens is 1. The third-order valence-corrected chi connectivity index (χ3v) is 8.18. The molecular formula is C27H35F3N4O5S. The van der Waals surface area contributed by atoms with E-state index in [1.54, 1.807) is 34.9 Å². The van der Waals surface area contributed by atoms with E-state index in [2.05, 4.69) is 4.98 Å². The third-order valence-electron chi connectivity index (χ3n) is 6.70. The lowest BCUT2D eigenvalue weighted by atomic mass is 10.1. The minimum absolute atomic E-state index is 0.0162. The molecule has 1 aliphatic carbocycles. The van der Waals surface area contributed by atoms with Crippen molar-refractivity contribution >= 4 is 16.1 Å². The van der Waals surface area contributed by atoms with Gasteiger partial charge in [-0.1, -0.05) is 6.92 Å². The molecule has 0 unspecified atom stereocenters. The van der Waals surface area contributed by atoms with Gasteiger partial charge in [0, 0.05) is 32.7 Å². The number of rotatable bonds is 12. The van der Waals surface area contributed by atoms with E-state index in [1.807, 2.05) is 0 Å². The normalized spacial score (nSPS) is 17.9. The van der Waals surface area contributed by atoms with Crippen LogP contribution in [0, 0.1) is 17.6 Å². The highest BCUT2D eigenvalue weighted by atomic mass is 32.2. The zero-order valence-electron chi connectivity index (χ0n) is 22.8. The lowest BCUT2D eigenvalue weighted by molar-refractivity contribution is 0.0950. The highest BCUT2D eigenvalue weighted by Gasteiger charge is 2.32. The molecule has 1 saturated heterocycles. The molecule has 1 atom stereocenters. The zero-order chi connectivity index (χ0) is 29.1. The maximum Gasteiger partial charge on any atom is 0.304 e. The van der Waals surface area contributed by atoms with E-state index in [-0.39, 0.29) is 32.7 Å². The maximum atomic E-state index is 14.9. The first-order valence-corrected chi connectivity index (χ1v) is 14.8. The van der Waals surface area contributed by atoms with Crippen molar-refractivity contribution in [2.24, 2.45) is 5.92 Å². The van der Waals surface area contributed by atoms with Gasteiger partial charge >= 0.3 is 10.2 Å². The number of halogens is 3. The van der Waals surface area contributed by atoms with Crippen molar-refractivity contribution in [2.45, 2.75) is 51.8 Å². The number of benzene rings is 1. The number of nitrogens with one attached hydrogen (secondary N) is 1. The molecule has 1 aromatic heterocycles. The number of nitrogens with zero attached hydrogens (tertiary/aromatic N) is 3. The molecule has 1 N–H and O–H groups in total. The van der Waals surface area contributed by atoms with Gasteiger partial charge in [0.15, 0.2) is 11.6 Å². The van der Waals surface area contributed by atoms with Crippen LogP contribution in [0.2, 0.25) is 0 Å². The van der Waals surface area contributed by atoms with E-state index in [1.165, 1.54) is 13.8 Å². The number of hydrogen-bond donors (Lipinski definition) is 1. The Morgan fingerprint density at radius 2 is 1.82 bits per heavy atom. The van der Waals surface area contributed by atoms with Crippen molar-refractivity contribution in [2.75, 3.05) is 39.3 Å². The highest BCUT2D eigenvalue weighted by Crippen LogP contribution is 2.31. The van der Waals surface area contributed by atoms with Gasteiger partial charge in [0.05, 0.1) is 24.1 Å². The number of pyridine rings is 1. The van der Waals surface area contributed by atoms with Crippen molar-refractivity contribution in [3.63, 3.8) is 0 Å². The van der Waals surface area contributed by atoms with Gasteiger partial charge in [0.25, 0.3) is 5.91 Å². The number of alkyl halides is 1. The smallest absolute Gasteiger partial charge is 0.304 e. The Hall–Kier alpha value is -2.90. The van der Waals surface area contributed by atoms with Crippen molar-refractivity contribution in [3.8, 4) is 11.5 Å². The largest absolute Gasteiger partial charge is 0.492 e. The topological polar surface area (TPSA) is 101 Å². The van der Waals surface area contributed by atoms with Crippen LogP contribution in [0.5, 0.6) is 11.5 Å². The predicted molar refractivity (Wildman–Crippen MR) is 142 cm³/mol. The molecule has 0 spiro atoms. The van der Waals surface area contributed by atoms with Gasteiger partial charge < -0.3 is 9.47 Å². The Labute approximate surface area is 232 Å². The molecule has 1 aromatic carbocycles. The fourth-order valence-corrected chi connectivity index (χ4v) is 5.48. The number of piperazine rings is 1. The third kappa shape index (κ3) is 7.85. The molecule has 1 amide bonds. The molecule has 0 radical (unpaired) electrons. The molecule has 4 rings (SSSR count). The van der Waals surface area contributed by atoms with E-state index >= 15 is 0 Å². The second-order valence-corrected chi connectivity index (χ2v) is 12.4. The summed E-state index contributed by atoms with van der Waals surface area (Å²) < 4.78 is 83.3. The summed E-state index contributed by atoms with van der Waals surface area (Å²) in [6.45, 7) is 6.00. The SMILES string of the molecule is CC[C@@H](Oc1ccc(C(=O)NS(=O)(=O)N2CCN(CC(C)(C)F)CC2)c(F)c1F)c1ccc(OCC2CC2)cn1. The molecular weight excluding hydrogens is 549 g/mol. The number of carbonyl (C=O) groups is 1. The van der Waals surface area contributed by atoms with Crippen LogP contribution in [0.1, 0.15) is 62.2 Å². The minimum atomic E-state index is -4.33. The van der Waals surface area contributed by atoms with Gasteiger partial charge in [0.2, 0.25) is 5.82 Å². The second kappa shape index (κ2) is 12.3. The van der Waals surface area contributed by atoms with Crippen molar-refractivity contribution in [3.05, 3.63) is 53.4 Å². The highest BCUT2D eigenvalue weighted by molar-refractivity contribution is 7.87. The summed E-state index contributed by atoms with van der Waals surface area (Å²) in [5.74, 6) is -3.51. The quantitative estimate of drug-likeness (QED) is 0.402. The van der Waals surface area contributed by atoms with Crippen LogP contribution in [0.4, 0.5) is 13.2 Å². The van der Waals surface area contributed by atoms with E-state index < -0.39 is 50.8 Å². The van der Waals surface area contributed by atoms with E-state index in [0.29, 0.717) is 30.4 Å². The fraction of sp³-hybridized carbons (Fsp3) is 0.556. The Morgan fingerprint density at radius 3 is 2.40 bits per heavy atom. The van der Waals surface area contributed by atoms with Crippen molar-refractivity contribution in [1.29, 1.82) is 0 Å². The molecule has 2 aromatic rings. The summed E-state index contributed by atoms with van der Waals surface area (Å²) in [7, 11) is -4.33.